The number of nitrogens with one attached hydrogen (secondary N) is 1. The Kier molecular flexibility index (Phi) is 6.43. The zero-order valence-electron chi connectivity index (χ0n) is 18.2. The van der Waals surface area contributed by atoms with Crippen molar-refractivity contribution in [2.24, 2.45) is 0 Å². The van der Waals surface area contributed by atoms with E-state index in [0.717, 1.165) is 21.5 Å². The van der Waals surface area contributed by atoms with Gasteiger partial charge in [-0.05, 0) is 49.4 Å². The molecular weight excluding hydrogens is 476 g/mol. The lowest BCUT2D eigenvalue weighted by Gasteiger charge is -2.50. The van der Waals surface area contributed by atoms with Crippen molar-refractivity contribution in [1.82, 2.24) is 9.97 Å². The van der Waals surface area contributed by atoms with E-state index in [1.54, 1.807) is 25.4 Å². The zero-order chi connectivity index (χ0) is 22.9. The lowest BCUT2D eigenvalue weighted by atomic mass is 9.83. The second-order valence-electron chi connectivity index (χ2n) is 7.92. The highest BCUT2D eigenvalue weighted by Gasteiger charge is 2.53. The molecule has 0 amide bonds. The summed E-state index contributed by atoms with van der Waals surface area (Å²) >= 11 is 3.50. The molecule has 2 heterocycles. The van der Waals surface area contributed by atoms with Crippen LogP contribution in [0.5, 0.6) is 5.75 Å². The number of methoxy groups -OCH3 is 2. The Balaban J connectivity index is 1.88. The third-order valence-electron chi connectivity index (χ3n) is 5.83. The van der Waals surface area contributed by atoms with E-state index in [1.165, 1.54) is 14.2 Å². The van der Waals surface area contributed by atoms with Crippen LogP contribution in [-0.2, 0) is 16.0 Å². The summed E-state index contributed by atoms with van der Waals surface area (Å²) in [6, 6.07) is 12.8. The van der Waals surface area contributed by atoms with Crippen molar-refractivity contribution in [3.05, 3.63) is 70.7 Å². The zero-order valence-corrected chi connectivity index (χ0v) is 19.7. The fourth-order valence-electron chi connectivity index (χ4n) is 4.29. The molecule has 0 radical (unpaired) electrons. The predicted octanol–water partition coefficient (Wildman–Crippen LogP) is 3.63. The van der Waals surface area contributed by atoms with Crippen LogP contribution in [0.15, 0.2) is 59.3 Å². The molecule has 1 aliphatic heterocycles. The van der Waals surface area contributed by atoms with Crippen molar-refractivity contribution in [2.45, 2.75) is 37.5 Å². The Morgan fingerprint density at radius 1 is 1.25 bits per heavy atom. The molecule has 0 bridgehead atoms. The molecule has 3 aromatic rings. The molecule has 4 rings (SSSR count). The van der Waals surface area contributed by atoms with Crippen molar-refractivity contribution < 1.29 is 19.3 Å². The number of aliphatic hydroxyl groups excluding tert-OH is 1. The molecule has 1 aliphatic rings. The highest BCUT2D eigenvalue weighted by atomic mass is 79.9. The van der Waals surface area contributed by atoms with Crippen LogP contribution in [0.2, 0.25) is 0 Å². The number of benzene rings is 2. The maximum atomic E-state index is 11.8. The Morgan fingerprint density at radius 2 is 1.97 bits per heavy atom. The number of aromatic nitrogens is 2. The lowest BCUT2D eigenvalue weighted by molar-refractivity contribution is -0.237. The minimum atomic E-state index is -1.19. The number of imidazole rings is 1. The van der Waals surface area contributed by atoms with Crippen LogP contribution in [0.3, 0.4) is 0 Å². The summed E-state index contributed by atoms with van der Waals surface area (Å²) in [6.07, 6.45) is 1.65. The SMILES string of the molecule is COC(OC)[C@@]1(C)Oc2ccc(N)cc2[C@H](N(Cc2ncc[nH]2)c2ccc(Br)cc2)[C@H]1O. The quantitative estimate of drug-likeness (QED) is 0.334. The molecule has 170 valence electrons. The van der Waals surface area contributed by atoms with Gasteiger partial charge in [-0.2, -0.15) is 0 Å². The van der Waals surface area contributed by atoms with Gasteiger partial charge in [0.25, 0.3) is 0 Å². The molecule has 0 saturated carbocycles. The molecule has 2 aromatic carbocycles. The summed E-state index contributed by atoms with van der Waals surface area (Å²) in [5.41, 5.74) is 7.20. The average molecular weight is 503 g/mol. The van der Waals surface area contributed by atoms with Crippen LogP contribution >= 0.6 is 15.9 Å². The molecule has 0 saturated heterocycles. The smallest absolute Gasteiger partial charge is 0.199 e. The van der Waals surface area contributed by atoms with Gasteiger partial charge in [-0.1, -0.05) is 15.9 Å². The topological polar surface area (TPSA) is 106 Å². The maximum absolute atomic E-state index is 11.8. The summed E-state index contributed by atoms with van der Waals surface area (Å²) in [5.74, 6) is 1.37. The fraction of sp³-hybridized carbons (Fsp3) is 0.348. The van der Waals surface area contributed by atoms with Gasteiger partial charge in [-0.3, -0.25) is 0 Å². The first-order valence-corrected chi connectivity index (χ1v) is 11.0. The van der Waals surface area contributed by atoms with Crippen LogP contribution in [-0.4, -0.2) is 47.3 Å². The Bertz CT molecular complexity index is 1040. The summed E-state index contributed by atoms with van der Waals surface area (Å²) in [5, 5.41) is 11.8. The van der Waals surface area contributed by atoms with Crippen LogP contribution < -0.4 is 15.4 Å². The van der Waals surface area contributed by atoms with E-state index >= 15 is 0 Å². The normalized spacial score (nSPS) is 22.4. The molecule has 8 nitrogen and oxygen atoms in total. The third kappa shape index (κ3) is 4.09. The van der Waals surface area contributed by atoms with E-state index in [1.807, 2.05) is 36.4 Å². The number of hydrogen-bond acceptors (Lipinski definition) is 7. The minimum Gasteiger partial charge on any atom is -0.479 e. The summed E-state index contributed by atoms with van der Waals surface area (Å²) < 4.78 is 18.3. The third-order valence-corrected chi connectivity index (χ3v) is 6.36. The van der Waals surface area contributed by atoms with Gasteiger partial charge >= 0.3 is 0 Å². The van der Waals surface area contributed by atoms with Gasteiger partial charge in [0.15, 0.2) is 11.9 Å². The van der Waals surface area contributed by atoms with Gasteiger partial charge in [-0.25, -0.2) is 4.98 Å². The van der Waals surface area contributed by atoms with E-state index in [-0.39, 0.29) is 0 Å². The molecule has 1 aromatic heterocycles. The number of hydrogen-bond donors (Lipinski definition) is 3. The molecule has 0 unspecified atom stereocenters. The van der Waals surface area contributed by atoms with E-state index in [2.05, 4.69) is 30.8 Å². The number of aromatic amines is 1. The van der Waals surface area contributed by atoms with Crippen LogP contribution in [0, 0.1) is 0 Å². The number of nitrogen functional groups attached to an aromatic ring is 1. The second kappa shape index (κ2) is 9.11. The van der Waals surface area contributed by atoms with E-state index < -0.39 is 24.0 Å². The molecule has 0 aliphatic carbocycles. The Labute approximate surface area is 195 Å². The number of nitrogens with zero attached hydrogens (tertiary/aromatic N) is 2. The van der Waals surface area contributed by atoms with Gasteiger partial charge in [0.05, 0.1) is 12.6 Å². The number of halogens is 1. The standard InChI is InChI=1S/C23H27BrN4O4/c1-23(22(30-2)31-3)21(29)20(17-12-15(25)6-9-18(17)32-23)28(13-19-26-10-11-27-19)16-7-4-14(24)5-8-16/h4-12,20-22,29H,13,25H2,1-3H3,(H,26,27)/t20-,21+,23-/m0/s1. The molecule has 3 atom stereocenters. The van der Waals surface area contributed by atoms with E-state index in [4.69, 9.17) is 19.9 Å². The number of nitrogens with two attached hydrogens (primary N) is 1. The summed E-state index contributed by atoms with van der Waals surface area (Å²) in [7, 11) is 3.05. The molecule has 0 fully saturated rings. The first-order chi connectivity index (χ1) is 15.4. The van der Waals surface area contributed by atoms with Crippen molar-refractivity contribution in [1.29, 1.82) is 0 Å². The molecule has 0 spiro atoms. The first-order valence-electron chi connectivity index (χ1n) is 10.2. The largest absolute Gasteiger partial charge is 0.479 e. The van der Waals surface area contributed by atoms with Crippen molar-refractivity contribution >= 4 is 27.3 Å². The van der Waals surface area contributed by atoms with Crippen LogP contribution in [0.25, 0.3) is 0 Å². The van der Waals surface area contributed by atoms with Gasteiger partial charge in [-0.15, -0.1) is 0 Å². The van der Waals surface area contributed by atoms with Gasteiger partial charge in [0.2, 0.25) is 0 Å². The summed E-state index contributed by atoms with van der Waals surface area (Å²) in [4.78, 5) is 9.64. The average Bonchev–Trinajstić information content (AvgIpc) is 3.29. The van der Waals surface area contributed by atoms with Gasteiger partial charge < -0.3 is 34.9 Å². The van der Waals surface area contributed by atoms with Gasteiger partial charge in [0, 0.05) is 48.0 Å². The second-order valence-corrected chi connectivity index (χ2v) is 8.83. The number of anilines is 2. The number of fused-ring (bicyclic) bond motifs is 1. The Hall–Kier alpha value is -2.59. The van der Waals surface area contributed by atoms with E-state index in [9.17, 15) is 5.11 Å². The number of rotatable bonds is 7. The van der Waals surface area contributed by atoms with E-state index in [0.29, 0.717) is 18.0 Å². The van der Waals surface area contributed by atoms with Gasteiger partial charge in [0.1, 0.15) is 17.7 Å². The molecule has 32 heavy (non-hydrogen) atoms. The highest BCUT2D eigenvalue weighted by Crippen LogP contribution is 2.47. The summed E-state index contributed by atoms with van der Waals surface area (Å²) in [6.45, 7) is 2.21. The van der Waals surface area contributed by atoms with Crippen molar-refractivity contribution in [3.8, 4) is 5.75 Å². The fourth-order valence-corrected chi connectivity index (χ4v) is 4.55. The monoisotopic (exact) mass is 502 g/mol. The van der Waals surface area contributed by atoms with Crippen molar-refractivity contribution in [2.75, 3.05) is 24.9 Å². The molecule has 9 heteroatoms. The number of aliphatic hydroxyl groups is 1. The number of ether oxygens (including phenoxy) is 3. The molecular formula is C23H27BrN4O4. The predicted molar refractivity (Wildman–Crippen MR) is 125 cm³/mol. The maximum Gasteiger partial charge on any atom is 0.199 e. The minimum absolute atomic E-state index is 0.422. The van der Waals surface area contributed by atoms with Crippen LogP contribution in [0.4, 0.5) is 11.4 Å². The first kappa shape index (κ1) is 22.6. The number of H-pyrrole nitrogens is 1. The van der Waals surface area contributed by atoms with Crippen molar-refractivity contribution in [3.63, 3.8) is 0 Å². The lowest BCUT2D eigenvalue weighted by Crippen LogP contribution is -2.62. The Morgan fingerprint density at radius 3 is 2.59 bits per heavy atom. The molecule has 4 N–H and O–H groups in total. The highest BCUT2D eigenvalue weighted by molar-refractivity contribution is 9.10. The van der Waals surface area contributed by atoms with Crippen LogP contribution in [0.1, 0.15) is 24.4 Å².